The van der Waals surface area contributed by atoms with Crippen LogP contribution in [0.1, 0.15) is 66.7 Å². The van der Waals surface area contributed by atoms with Gasteiger partial charge < -0.3 is 9.47 Å². The SMILES string of the molecule is CC(C)CCC[C@@H]1CN(CCOCCCC(C)(C)C)CCO1. The molecule has 0 N–H and O–H groups in total. The molecule has 1 aliphatic heterocycles. The Hall–Kier alpha value is -0.120. The van der Waals surface area contributed by atoms with Crippen LogP contribution in [0, 0.1) is 11.3 Å². The van der Waals surface area contributed by atoms with Crippen molar-refractivity contribution in [1.82, 2.24) is 4.90 Å². The zero-order valence-electron chi connectivity index (χ0n) is 15.7. The summed E-state index contributed by atoms with van der Waals surface area (Å²) in [6.45, 7) is 17.3. The van der Waals surface area contributed by atoms with Gasteiger partial charge in [0.15, 0.2) is 0 Å². The van der Waals surface area contributed by atoms with Crippen LogP contribution in [-0.4, -0.2) is 50.5 Å². The van der Waals surface area contributed by atoms with Crippen LogP contribution in [0.4, 0.5) is 0 Å². The molecule has 0 aromatic heterocycles. The van der Waals surface area contributed by atoms with E-state index in [2.05, 4.69) is 39.5 Å². The summed E-state index contributed by atoms with van der Waals surface area (Å²) in [6.07, 6.45) is 6.66. The molecule has 3 heteroatoms. The van der Waals surface area contributed by atoms with Gasteiger partial charge in [0.25, 0.3) is 0 Å². The molecule has 0 aromatic carbocycles. The van der Waals surface area contributed by atoms with Crippen molar-refractivity contribution in [2.45, 2.75) is 72.8 Å². The van der Waals surface area contributed by atoms with Gasteiger partial charge in [-0.3, -0.25) is 4.90 Å². The molecule has 0 aliphatic carbocycles. The van der Waals surface area contributed by atoms with Crippen LogP contribution in [-0.2, 0) is 9.47 Å². The molecule has 22 heavy (non-hydrogen) atoms. The van der Waals surface area contributed by atoms with E-state index in [1.54, 1.807) is 0 Å². The van der Waals surface area contributed by atoms with E-state index >= 15 is 0 Å². The molecular formula is C19H39NO2. The summed E-state index contributed by atoms with van der Waals surface area (Å²) >= 11 is 0. The maximum absolute atomic E-state index is 5.89. The van der Waals surface area contributed by atoms with Crippen LogP contribution in [0.3, 0.4) is 0 Å². The summed E-state index contributed by atoms with van der Waals surface area (Å²) in [5, 5.41) is 0. The predicted molar refractivity (Wildman–Crippen MR) is 94.4 cm³/mol. The van der Waals surface area contributed by atoms with E-state index in [1.165, 1.54) is 32.1 Å². The van der Waals surface area contributed by atoms with Gasteiger partial charge in [-0.15, -0.1) is 0 Å². The molecule has 0 spiro atoms. The first-order chi connectivity index (χ1) is 10.4. The summed E-state index contributed by atoms with van der Waals surface area (Å²) in [5.41, 5.74) is 0.427. The lowest BCUT2D eigenvalue weighted by Crippen LogP contribution is -2.43. The fourth-order valence-electron chi connectivity index (χ4n) is 2.91. The highest BCUT2D eigenvalue weighted by molar-refractivity contribution is 4.71. The van der Waals surface area contributed by atoms with Crippen molar-refractivity contribution in [2.75, 3.05) is 39.5 Å². The molecule has 0 saturated carbocycles. The van der Waals surface area contributed by atoms with Gasteiger partial charge in [-0.2, -0.15) is 0 Å². The van der Waals surface area contributed by atoms with Crippen molar-refractivity contribution in [3.63, 3.8) is 0 Å². The van der Waals surface area contributed by atoms with E-state index < -0.39 is 0 Å². The minimum Gasteiger partial charge on any atom is -0.380 e. The second-order valence-corrected chi connectivity index (χ2v) is 8.39. The van der Waals surface area contributed by atoms with E-state index in [9.17, 15) is 0 Å². The molecule has 3 nitrogen and oxygen atoms in total. The Morgan fingerprint density at radius 1 is 1.18 bits per heavy atom. The van der Waals surface area contributed by atoms with Crippen molar-refractivity contribution >= 4 is 0 Å². The number of hydrogen-bond acceptors (Lipinski definition) is 3. The third-order valence-corrected chi connectivity index (χ3v) is 4.30. The van der Waals surface area contributed by atoms with E-state index in [1.807, 2.05) is 0 Å². The standard InChI is InChI=1S/C19H39NO2/c1-17(2)8-6-9-18-16-20(12-15-22-18)11-14-21-13-7-10-19(3,4)5/h17-18H,6-16H2,1-5H3/t18-/m1/s1. The van der Waals surface area contributed by atoms with Crippen molar-refractivity contribution in [1.29, 1.82) is 0 Å². The minimum atomic E-state index is 0.427. The molecular weight excluding hydrogens is 274 g/mol. The lowest BCUT2D eigenvalue weighted by molar-refractivity contribution is -0.0407. The summed E-state index contributed by atoms with van der Waals surface area (Å²) in [5.74, 6) is 0.807. The highest BCUT2D eigenvalue weighted by atomic mass is 16.5. The maximum Gasteiger partial charge on any atom is 0.0702 e. The van der Waals surface area contributed by atoms with Crippen LogP contribution >= 0.6 is 0 Å². The minimum absolute atomic E-state index is 0.427. The smallest absolute Gasteiger partial charge is 0.0702 e. The predicted octanol–water partition coefficient (Wildman–Crippen LogP) is 4.36. The lowest BCUT2D eigenvalue weighted by Gasteiger charge is -2.33. The summed E-state index contributed by atoms with van der Waals surface area (Å²) in [6, 6.07) is 0. The second-order valence-electron chi connectivity index (χ2n) is 8.39. The van der Waals surface area contributed by atoms with Gasteiger partial charge >= 0.3 is 0 Å². The Kier molecular flexibility index (Phi) is 9.62. The molecule has 1 aliphatic rings. The molecule has 132 valence electrons. The molecule has 0 amide bonds. The number of hydrogen-bond donors (Lipinski definition) is 0. The Morgan fingerprint density at radius 2 is 1.95 bits per heavy atom. The van der Waals surface area contributed by atoms with Gasteiger partial charge in [-0.25, -0.2) is 0 Å². The molecule has 1 fully saturated rings. The highest BCUT2D eigenvalue weighted by Crippen LogP contribution is 2.20. The Balaban J connectivity index is 2.03. The van der Waals surface area contributed by atoms with Crippen LogP contribution in [0.2, 0.25) is 0 Å². The third-order valence-electron chi connectivity index (χ3n) is 4.30. The van der Waals surface area contributed by atoms with Gasteiger partial charge in [-0.1, -0.05) is 47.5 Å². The van der Waals surface area contributed by atoms with Crippen LogP contribution in [0.5, 0.6) is 0 Å². The Morgan fingerprint density at radius 3 is 2.64 bits per heavy atom. The van der Waals surface area contributed by atoms with Gasteiger partial charge in [0.2, 0.25) is 0 Å². The number of nitrogens with zero attached hydrogens (tertiary/aromatic N) is 1. The summed E-state index contributed by atoms with van der Waals surface area (Å²) < 4.78 is 11.7. The topological polar surface area (TPSA) is 21.7 Å². The zero-order chi connectivity index (χ0) is 16.4. The fraction of sp³-hybridized carbons (Fsp3) is 1.00. The van der Waals surface area contributed by atoms with Gasteiger partial charge in [0.1, 0.15) is 0 Å². The average molecular weight is 314 g/mol. The first kappa shape index (κ1) is 19.9. The Labute approximate surface area is 138 Å². The third kappa shape index (κ3) is 10.6. The fourth-order valence-corrected chi connectivity index (χ4v) is 2.91. The first-order valence-electron chi connectivity index (χ1n) is 9.28. The first-order valence-corrected chi connectivity index (χ1v) is 9.28. The second kappa shape index (κ2) is 10.6. The molecule has 1 rings (SSSR count). The quantitative estimate of drug-likeness (QED) is 0.559. The monoisotopic (exact) mass is 313 g/mol. The maximum atomic E-state index is 5.89. The van der Waals surface area contributed by atoms with E-state index in [0.29, 0.717) is 11.5 Å². The van der Waals surface area contributed by atoms with Crippen molar-refractivity contribution in [3.05, 3.63) is 0 Å². The molecule has 1 heterocycles. The van der Waals surface area contributed by atoms with Gasteiger partial charge in [-0.05, 0) is 30.6 Å². The molecule has 1 saturated heterocycles. The van der Waals surface area contributed by atoms with Crippen LogP contribution in [0.15, 0.2) is 0 Å². The lowest BCUT2D eigenvalue weighted by atomic mass is 9.91. The van der Waals surface area contributed by atoms with Crippen LogP contribution in [0.25, 0.3) is 0 Å². The largest absolute Gasteiger partial charge is 0.380 e. The number of rotatable bonds is 10. The number of ether oxygens (including phenoxy) is 2. The normalized spacial score (nSPS) is 20.7. The molecule has 0 aromatic rings. The zero-order valence-corrected chi connectivity index (χ0v) is 15.7. The van der Waals surface area contributed by atoms with Crippen LogP contribution < -0.4 is 0 Å². The Bertz CT molecular complexity index is 273. The molecule has 1 atom stereocenters. The number of morpholine rings is 1. The van der Waals surface area contributed by atoms with E-state index in [-0.39, 0.29) is 0 Å². The van der Waals surface area contributed by atoms with Crippen molar-refractivity contribution in [3.8, 4) is 0 Å². The van der Waals surface area contributed by atoms with Crippen molar-refractivity contribution < 1.29 is 9.47 Å². The average Bonchev–Trinajstić information content (AvgIpc) is 2.41. The molecule has 0 bridgehead atoms. The van der Waals surface area contributed by atoms with E-state index in [0.717, 1.165) is 45.4 Å². The van der Waals surface area contributed by atoms with Gasteiger partial charge in [0, 0.05) is 26.2 Å². The highest BCUT2D eigenvalue weighted by Gasteiger charge is 2.19. The van der Waals surface area contributed by atoms with Crippen molar-refractivity contribution in [2.24, 2.45) is 11.3 Å². The summed E-state index contributed by atoms with van der Waals surface area (Å²) in [4.78, 5) is 2.51. The molecule has 0 radical (unpaired) electrons. The van der Waals surface area contributed by atoms with Gasteiger partial charge in [0.05, 0.1) is 19.3 Å². The summed E-state index contributed by atoms with van der Waals surface area (Å²) in [7, 11) is 0. The van der Waals surface area contributed by atoms with E-state index in [4.69, 9.17) is 9.47 Å². The molecule has 0 unspecified atom stereocenters.